The Balaban J connectivity index is 2.52. The minimum absolute atomic E-state index is 0.296. The molecule has 0 saturated heterocycles. The first-order chi connectivity index (χ1) is 13.0. The molecule has 2 aromatic rings. The molecule has 0 aliphatic rings. The van der Waals surface area contributed by atoms with Crippen molar-refractivity contribution in [2.45, 2.75) is 17.9 Å². The van der Waals surface area contributed by atoms with Crippen LogP contribution < -0.4 is 0 Å². The van der Waals surface area contributed by atoms with Gasteiger partial charge in [0.1, 0.15) is 0 Å². The summed E-state index contributed by atoms with van der Waals surface area (Å²) in [4.78, 5) is 0. The van der Waals surface area contributed by atoms with Crippen molar-refractivity contribution >= 4 is 30.4 Å². The molecule has 0 aliphatic carbocycles. The van der Waals surface area contributed by atoms with E-state index in [1.807, 2.05) is 0 Å². The first-order valence-corrected chi connectivity index (χ1v) is 11.5. The van der Waals surface area contributed by atoms with Crippen LogP contribution in [0.5, 0.6) is 0 Å². The van der Waals surface area contributed by atoms with E-state index in [1.165, 1.54) is 0 Å². The van der Waals surface area contributed by atoms with E-state index in [4.69, 9.17) is 0 Å². The van der Waals surface area contributed by atoms with Crippen molar-refractivity contribution in [1.82, 2.24) is 0 Å². The standard InChI is InChI=1S/C15H8F9IO3S/c16-13(17,18)9-1-5-11(6-2-9)25(28-29(26,27)15(22,23)24)12-7-3-10(4-8-12)14(19,20)21/h1-8H. The van der Waals surface area contributed by atoms with Gasteiger partial charge in [-0.2, -0.15) is 0 Å². The van der Waals surface area contributed by atoms with Crippen LogP contribution in [0, 0.1) is 7.14 Å². The molecule has 2 rings (SSSR count). The number of hydrogen-bond acceptors (Lipinski definition) is 3. The summed E-state index contributed by atoms with van der Waals surface area (Å²) >= 11 is -4.09. The van der Waals surface area contributed by atoms with Gasteiger partial charge >= 0.3 is 165 Å². The van der Waals surface area contributed by atoms with E-state index in [0.717, 1.165) is 24.3 Å². The zero-order valence-corrected chi connectivity index (χ0v) is 16.5. The van der Waals surface area contributed by atoms with E-state index in [1.54, 1.807) is 0 Å². The zero-order chi connectivity index (χ0) is 22.3. The fraction of sp³-hybridized carbons (Fsp3) is 0.200. The molecule has 0 aromatic heterocycles. The summed E-state index contributed by atoms with van der Waals surface area (Å²) in [6.07, 6.45) is -9.52. The Bertz CT molecular complexity index is 890. The van der Waals surface area contributed by atoms with Crippen LogP contribution >= 0.6 is 20.2 Å². The average molecular weight is 566 g/mol. The van der Waals surface area contributed by atoms with Crippen LogP contribution in [0.4, 0.5) is 39.5 Å². The van der Waals surface area contributed by atoms with E-state index in [2.05, 4.69) is 2.51 Å². The molecule has 0 amide bonds. The molecule has 162 valence electrons. The van der Waals surface area contributed by atoms with Crippen LogP contribution in [-0.2, 0) is 25.0 Å². The first kappa shape index (κ1) is 23.7. The van der Waals surface area contributed by atoms with Gasteiger partial charge in [0.15, 0.2) is 0 Å². The fourth-order valence-electron chi connectivity index (χ4n) is 1.82. The van der Waals surface area contributed by atoms with Crippen molar-refractivity contribution < 1.29 is 50.4 Å². The van der Waals surface area contributed by atoms with Crippen LogP contribution in [0.15, 0.2) is 48.5 Å². The molecule has 0 heterocycles. The van der Waals surface area contributed by atoms with Gasteiger partial charge in [0, 0.05) is 0 Å². The molecule has 14 heteroatoms. The summed E-state index contributed by atoms with van der Waals surface area (Å²) in [6.45, 7) is 0. The van der Waals surface area contributed by atoms with E-state index in [0.29, 0.717) is 24.3 Å². The Labute approximate surface area is 165 Å². The molecular formula is C15H8F9IO3S. The monoisotopic (exact) mass is 566 g/mol. The van der Waals surface area contributed by atoms with Gasteiger partial charge in [-0.25, -0.2) is 0 Å². The number of rotatable bonds is 4. The maximum absolute atomic E-state index is 12.7. The van der Waals surface area contributed by atoms with Gasteiger partial charge in [-0.05, 0) is 0 Å². The average Bonchev–Trinajstić information content (AvgIpc) is 2.57. The Morgan fingerprint density at radius 1 is 0.621 bits per heavy atom. The van der Waals surface area contributed by atoms with Crippen LogP contribution in [0.2, 0.25) is 0 Å². The Morgan fingerprint density at radius 2 is 0.931 bits per heavy atom. The summed E-state index contributed by atoms with van der Waals surface area (Å²) < 4.78 is 140. The van der Waals surface area contributed by atoms with E-state index in [9.17, 15) is 47.9 Å². The third kappa shape index (κ3) is 5.75. The van der Waals surface area contributed by atoms with Gasteiger partial charge in [0.25, 0.3) is 0 Å². The number of halogens is 10. The Morgan fingerprint density at radius 3 is 1.17 bits per heavy atom. The number of hydrogen-bond donors (Lipinski definition) is 0. The van der Waals surface area contributed by atoms with Crippen LogP contribution in [0.25, 0.3) is 0 Å². The van der Waals surface area contributed by atoms with Gasteiger partial charge in [-0.1, -0.05) is 0 Å². The van der Waals surface area contributed by atoms with Crippen LogP contribution in [0.1, 0.15) is 11.1 Å². The second-order valence-corrected chi connectivity index (χ2v) is 11.7. The SMILES string of the molecule is O=S(=O)(OI(c1ccc(C(F)(F)F)cc1)c1ccc(C(F)(F)F)cc1)C(F)(F)F. The molecule has 0 fully saturated rings. The first-order valence-electron chi connectivity index (χ1n) is 7.08. The van der Waals surface area contributed by atoms with E-state index >= 15 is 0 Å². The van der Waals surface area contributed by atoms with Crippen molar-refractivity contribution in [3.05, 3.63) is 66.8 Å². The molecule has 0 N–H and O–H groups in total. The summed E-state index contributed by atoms with van der Waals surface area (Å²) in [5.41, 5.74) is -8.12. The van der Waals surface area contributed by atoms with Gasteiger partial charge in [0.05, 0.1) is 0 Å². The molecular weight excluding hydrogens is 558 g/mol. The quantitative estimate of drug-likeness (QED) is 0.257. The molecule has 0 saturated carbocycles. The van der Waals surface area contributed by atoms with Gasteiger partial charge < -0.3 is 0 Å². The molecule has 0 unspecified atom stereocenters. The Hall–Kier alpha value is -1.55. The summed E-state index contributed by atoms with van der Waals surface area (Å²) in [5.74, 6) is 0. The molecule has 0 radical (unpaired) electrons. The Kier molecular flexibility index (Phi) is 6.50. The third-order valence-corrected chi connectivity index (χ3v) is 10.2. The molecule has 0 atom stereocenters. The van der Waals surface area contributed by atoms with Crippen molar-refractivity contribution in [3.8, 4) is 0 Å². The zero-order valence-electron chi connectivity index (χ0n) is 13.5. The molecule has 2 aromatic carbocycles. The van der Waals surface area contributed by atoms with E-state index < -0.39 is 59.3 Å². The molecule has 0 spiro atoms. The molecule has 29 heavy (non-hydrogen) atoms. The van der Waals surface area contributed by atoms with Crippen LogP contribution in [-0.4, -0.2) is 13.9 Å². The molecule has 3 nitrogen and oxygen atoms in total. The second-order valence-electron chi connectivity index (χ2n) is 5.22. The number of alkyl halides is 9. The van der Waals surface area contributed by atoms with Crippen molar-refractivity contribution in [2.75, 3.05) is 0 Å². The fourth-order valence-corrected chi connectivity index (χ4v) is 8.23. The van der Waals surface area contributed by atoms with Gasteiger partial charge in [-0.3, -0.25) is 0 Å². The molecule has 0 aliphatic heterocycles. The predicted octanol–water partition coefficient (Wildman–Crippen LogP) is 6.05. The van der Waals surface area contributed by atoms with Crippen molar-refractivity contribution in [1.29, 1.82) is 0 Å². The topological polar surface area (TPSA) is 43.4 Å². The summed E-state index contributed by atoms with van der Waals surface area (Å²) in [6, 6.07) is 4.96. The van der Waals surface area contributed by atoms with Gasteiger partial charge in [0.2, 0.25) is 0 Å². The van der Waals surface area contributed by atoms with Crippen molar-refractivity contribution in [3.63, 3.8) is 0 Å². The predicted molar refractivity (Wildman–Crippen MR) is 90.4 cm³/mol. The normalized spacial score (nSPS) is 14.0. The minimum atomic E-state index is -6.15. The second kappa shape index (κ2) is 7.94. The summed E-state index contributed by atoms with van der Waals surface area (Å²) in [5, 5.41) is 0. The van der Waals surface area contributed by atoms with Crippen LogP contribution in [0.3, 0.4) is 0 Å². The van der Waals surface area contributed by atoms with Crippen molar-refractivity contribution in [2.24, 2.45) is 0 Å². The molecule has 0 bridgehead atoms. The van der Waals surface area contributed by atoms with E-state index in [-0.39, 0.29) is 7.14 Å². The number of benzene rings is 2. The third-order valence-electron chi connectivity index (χ3n) is 3.17. The van der Waals surface area contributed by atoms with Gasteiger partial charge in [-0.15, -0.1) is 0 Å². The maximum atomic E-state index is 12.7. The summed E-state index contributed by atoms with van der Waals surface area (Å²) in [7, 11) is -6.15.